The van der Waals surface area contributed by atoms with Crippen LogP contribution in [0.5, 0.6) is 0 Å². The first-order valence-electron chi connectivity index (χ1n) is 6.19. The number of rotatable bonds is 5. The van der Waals surface area contributed by atoms with Gasteiger partial charge in [-0.25, -0.2) is 0 Å². The molecule has 3 heteroatoms. The Morgan fingerprint density at radius 3 is 2.80 bits per heavy atom. The van der Waals surface area contributed by atoms with Gasteiger partial charge in [0.05, 0.1) is 12.7 Å². The topological polar surface area (TPSA) is 41.5 Å². The molecule has 2 fully saturated rings. The molecule has 0 heterocycles. The molecule has 0 aliphatic heterocycles. The quantitative estimate of drug-likeness (QED) is 0.723. The van der Waals surface area contributed by atoms with Gasteiger partial charge in [0.15, 0.2) is 0 Å². The molecule has 0 aromatic carbocycles. The van der Waals surface area contributed by atoms with Crippen LogP contribution in [0, 0.1) is 5.92 Å². The molecule has 0 radical (unpaired) electrons. The van der Waals surface area contributed by atoms with Crippen LogP contribution in [-0.2, 0) is 4.74 Å². The number of hydrogen-bond acceptors (Lipinski definition) is 3. The van der Waals surface area contributed by atoms with Crippen molar-refractivity contribution < 1.29 is 9.84 Å². The Kier molecular flexibility index (Phi) is 3.65. The average molecular weight is 213 g/mol. The minimum absolute atomic E-state index is 0.0769. The van der Waals surface area contributed by atoms with Crippen molar-refractivity contribution in [2.24, 2.45) is 5.92 Å². The van der Waals surface area contributed by atoms with Gasteiger partial charge in [0, 0.05) is 12.1 Å². The molecular formula is C12H23NO2. The van der Waals surface area contributed by atoms with Crippen molar-refractivity contribution in [2.75, 3.05) is 20.3 Å². The van der Waals surface area contributed by atoms with Crippen molar-refractivity contribution in [3.63, 3.8) is 0 Å². The molecule has 0 aromatic rings. The SMILES string of the molecule is CNC1(CO)CCCC(OCC2CC2)C1. The van der Waals surface area contributed by atoms with Crippen molar-refractivity contribution in [3.05, 3.63) is 0 Å². The lowest BCUT2D eigenvalue weighted by molar-refractivity contribution is -0.0177. The van der Waals surface area contributed by atoms with Crippen LogP contribution in [0.25, 0.3) is 0 Å². The number of aliphatic hydroxyl groups excluding tert-OH is 1. The van der Waals surface area contributed by atoms with E-state index in [-0.39, 0.29) is 12.1 Å². The summed E-state index contributed by atoms with van der Waals surface area (Å²) in [7, 11) is 1.94. The Balaban J connectivity index is 1.79. The van der Waals surface area contributed by atoms with E-state index in [1.54, 1.807) is 0 Å². The summed E-state index contributed by atoms with van der Waals surface area (Å²) in [6.45, 7) is 1.17. The fraction of sp³-hybridized carbons (Fsp3) is 1.00. The highest BCUT2D eigenvalue weighted by molar-refractivity contribution is 4.93. The summed E-state index contributed by atoms with van der Waals surface area (Å²) in [5.41, 5.74) is -0.0769. The molecule has 2 N–H and O–H groups in total. The highest BCUT2D eigenvalue weighted by Crippen LogP contribution is 2.33. The summed E-state index contributed by atoms with van der Waals surface area (Å²) in [5.74, 6) is 0.838. The summed E-state index contributed by atoms with van der Waals surface area (Å²) in [5, 5.41) is 12.7. The van der Waals surface area contributed by atoms with Crippen LogP contribution in [0.4, 0.5) is 0 Å². The molecule has 0 saturated heterocycles. The van der Waals surface area contributed by atoms with Crippen molar-refractivity contribution in [1.29, 1.82) is 0 Å². The van der Waals surface area contributed by atoms with Gasteiger partial charge in [0.2, 0.25) is 0 Å². The van der Waals surface area contributed by atoms with Crippen LogP contribution >= 0.6 is 0 Å². The van der Waals surface area contributed by atoms with Crippen molar-refractivity contribution in [2.45, 2.75) is 50.2 Å². The van der Waals surface area contributed by atoms with Crippen LogP contribution in [0.1, 0.15) is 38.5 Å². The van der Waals surface area contributed by atoms with Gasteiger partial charge < -0.3 is 15.2 Å². The fourth-order valence-electron chi connectivity index (χ4n) is 2.46. The molecule has 0 aromatic heterocycles. The molecule has 88 valence electrons. The predicted molar refractivity (Wildman–Crippen MR) is 59.8 cm³/mol. The third kappa shape index (κ3) is 2.92. The molecule has 2 atom stereocenters. The minimum Gasteiger partial charge on any atom is -0.394 e. The Hall–Kier alpha value is -0.120. The zero-order chi connectivity index (χ0) is 10.7. The molecular weight excluding hydrogens is 190 g/mol. The van der Waals surface area contributed by atoms with Crippen LogP contribution in [0.2, 0.25) is 0 Å². The van der Waals surface area contributed by atoms with Gasteiger partial charge >= 0.3 is 0 Å². The zero-order valence-electron chi connectivity index (χ0n) is 9.67. The van der Waals surface area contributed by atoms with E-state index in [1.165, 1.54) is 12.8 Å². The van der Waals surface area contributed by atoms with E-state index in [2.05, 4.69) is 5.32 Å². The van der Waals surface area contributed by atoms with Crippen LogP contribution in [-0.4, -0.2) is 37.0 Å². The summed E-state index contributed by atoms with van der Waals surface area (Å²) in [6.07, 6.45) is 7.43. The smallest absolute Gasteiger partial charge is 0.0614 e. The molecule has 0 amide bonds. The Labute approximate surface area is 92.2 Å². The van der Waals surface area contributed by atoms with Gasteiger partial charge in [-0.15, -0.1) is 0 Å². The Morgan fingerprint density at radius 1 is 1.40 bits per heavy atom. The van der Waals surface area contributed by atoms with Gasteiger partial charge in [0.1, 0.15) is 0 Å². The number of nitrogens with one attached hydrogen (secondary N) is 1. The largest absolute Gasteiger partial charge is 0.394 e. The molecule has 2 aliphatic carbocycles. The van der Waals surface area contributed by atoms with E-state index in [1.807, 2.05) is 7.05 Å². The molecule has 2 unspecified atom stereocenters. The van der Waals surface area contributed by atoms with Crippen molar-refractivity contribution in [1.82, 2.24) is 5.32 Å². The maximum absolute atomic E-state index is 9.43. The minimum atomic E-state index is -0.0769. The number of aliphatic hydroxyl groups is 1. The number of hydrogen-bond donors (Lipinski definition) is 2. The lowest BCUT2D eigenvalue weighted by Crippen LogP contribution is -2.51. The first-order valence-corrected chi connectivity index (χ1v) is 6.19. The molecule has 2 rings (SSSR count). The predicted octanol–water partition coefficient (Wildman–Crippen LogP) is 1.31. The second-order valence-corrected chi connectivity index (χ2v) is 5.18. The van der Waals surface area contributed by atoms with E-state index in [4.69, 9.17) is 4.74 Å². The molecule has 2 aliphatic rings. The Bertz CT molecular complexity index is 200. The lowest BCUT2D eigenvalue weighted by atomic mass is 9.81. The van der Waals surface area contributed by atoms with E-state index in [0.717, 1.165) is 38.2 Å². The summed E-state index contributed by atoms with van der Waals surface area (Å²) in [6, 6.07) is 0. The van der Waals surface area contributed by atoms with Gasteiger partial charge in [-0.05, 0) is 51.5 Å². The van der Waals surface area contributed by atoms with Gasteiger partial charge in [-0.1, -0.05) is 0 Å². The lowest BCUT2D eigenvalue weighted by Gasteiger charge is -2.39. The van der Waals surface area contributed by atoms with Crippen molar-refractivity contribution >= 4 is 0 Å². The van der Waals surface area contributed by atoms with E-state index in [9.17, 15) is 5.11 Å². The normalized spacial score (nSPS) is 36.8. The highest BCUT2D eigenvalue weighted by atomic mass is 16.5. The second-order valence-electron chi connectivity index (χ2n) is 5.18. The first-order chi connectivity index (χ1) is 7.28. The summed E-state index contributed by atoms with van der Waals surface area (Å²) >= 11 is 0. The first kappa shape index (κ1) is 11.4. The second kappa shape index (κ2) is 4.81. The average Bonchev–Trinajstić information content (AvgIpc) is 3.10. The number of likely N-dealkylation sites (N-methyl/N-ethyl adjacent to an activating group) is 1. The maximum atomic E-state index is 9.43. The van der Waals surface area contributed by atoms with Gasteiger partial charge in [0.25, 0.3) is 0 Å². The third-order valence-electron chi connectivity index (χ3n) is 3.90. The molecule has 0 spiro atoms. The Morgan fingerprint density at radius 2 is 2.20 bits per heavy atom. The monoisotopic (exact) mass is 213 g/mol. The standard InChI is InChI=1S/C12H23NO2/c1-13-12(9-14)6-2-3-11(7-12)15-8-10-4-5-10/h10-11,13-14H,2-9H2,1H3. The summed E-state index contributed by atoms with van der Waals surface area (Å²) in [4.78, 5) is 0. The molecule has 0 bridgehead atoms. The van der Waals surface area contributed by atoms with Crippen LogP contribution < -0.4 is 5.32 Å². The van der Waals surface area contributed by atoms with Gasteiger partial charge in [-0.2, -0.15) is 0 Å². The third-order valence-corrected chi connectivity index (χ3v) is 3.90. The molecule has 3 nitrogen and oxygen atoms in total. The maximum Gasteiger partial charge on any atom is 0.0614 e. The van der Waals surface area contributed by atoms with E-state index >= 15 is 0 Å². The zero-order valence-corrected chi connectivity index (χ0v) is 9.67. The van der Waals surface area contributed by atoms with Gasteiger partial charge in [-0.3, -0.25) is 0 Å². The summed E-state index contributed by atoms with van der Waals surface area (Å²) < 4.78 is 5.91. The van der Waals surface area contributed by atoms with E-state index in [0.29, 0.717) is 6.10 Å². The van der Waals surface area contributed by atoms with Crippen LogP contribution in [0.3, 0.4) is 0 Å². The van der Waals surface area contributed by atoms with Crippen molar-refractivity contribution in [3.8, 4) is 0 Å². The van der Waals surface area contributed by atoms with E-state index < -0.39 is 0 Å². The molecule has 15 heavy (non-hydrogen) atoms. The fourth-order valence-corrected chi connectivity index (χ4v) is 2.46. The molecule has 2 saturated carbocycles. The van der Waals surface area contributed by atoms with Crippen LogP contribution in [0.15, 0.2) is 0 Å². The number of ether oxygens (including phenoxy) is 1. The highest BCUT2D eigenvalue weighted by Gasteiger charge is 2.35.